The fourth-order valence-electron chi connectivity index (χ4n) is 2.19. The van der Waals surface area contributed by atoms with Crippen molar-refractivity contribution in [2.45, 2.75) is 25.4 Å². The Morgan fingerprint density at radius 2 is 2.06 bits per heavy atom. The second kappa shape index (κ2) is 4.04. The Labute approximate surface area is 93.3 Å². The van der Waals surface area contributed by atoms with Crippen LogP contribution in [0.25, 0.3) is 0 Å². The van der Waals surface area contributed by atoms with Crippen LogP contribution >= 0.6 is 0 Å². The molecule has 0 amide bonds. The first-order valence-corrected chi connectivity index (χ1v) is 5.64. The third-order valence-electron chi connectivity index (χ3n) is 3.61. The molecule has 92 valence electrons. The molecule has 0 aromatic rings. The van der Waals surface area contributed by atoms with E-state index in [4.69, 9.17) is 5.73 Å². The summed E-state index contributed by atoms with van der Waals surface area (Å²) in [6.45, 7) is 2.42. The maximum atomic E-state index is 12.4. The van der Waals surface area contributed by atoms with Gasteiger partial charge in [-0.1, -0.05) is 6.08 Å². The fourth-order valence-corrected chi connectivity index (χ4v) is 2.19. The van der Waals surface area contributed by atoms with Gasteiger partial charge in [-0.15, -0.1) is 0 Å². The molecule has 1 aliphatic carbocycles. The number of hydrogen-bond acceptors (Lipinski definition) is 2. The van der Waals surface area contributed by atoms with Gasteiger partial charge >= 0.3 is 6.18 Å². The van der Waals surface area contributed by atoms with Gasteiger partial charge in [0.05, 0.1) is 0 Å². The molecule has 0 aromatic carbocycles. The van der Waals surface area contributed by atoms with Gasteiger partial charge < -0.3 is 5.73 Å². The highest BCUT2D eigenvalue weighted by Crippen LogP contribution is 2.45. The topological polar surface area (TPSA) is 29.3 Å². The van der Waals surface area contributed by atoms with Crippen LogP contribution in [0.3, 0.4) is 0 Å². The molecule has 5 heteroatoms. The minimum Gasteiger partial charge on any atom is -0.330 e. The molecule has 0 unspecified atom stereocenters. The Balaban J connectivity index is 1.87. The van der Waals surface area contributed by atoms with E-state index in [-0.39, 0.29) is 17.4 Å². The van der Waals surface area contributed by atoms with E-state index in [0.29, 0.717) is 19.6 Å². The monoisotopic (exact) mass is 234 g/mol. The van der Waals surface area contributed by atoms with Gasteiger partial charge in [0, 0.05) is 25.2 Å². The van der Waals surface area contributed by atoms with Crippen molar-refractivity contribution in [3.63, 3.8) is 0 Å². The van der Waals surface area contributed by atoms with Gasteiger partial charge in [0.2, 0.25) is 0 Å². The summed E-state index contributed by atoms with van der Waals surface area (Å²) in [5.74, 6) is 0. The van der Waals surface area contributed by atoms with Crippen LogP contribution in [0.1, 0.15) is 19.3 Å². The molecule has 2 rings (SSSR count). The van der Waals surface area contributed by atoms with E-state index in [1.807, 2.05) is 0 Å². The number of nitrogens with zero attached hydrogens (tertiary/aromatic N) is 1. The second-order valence-electron chi connectivity index (χ2n) is 4.92. The van der Waals surface area contributed by atoms with Crippen molar-refractivity contribution in [3.05, 3.63) is 11.6 Å². The van der Waals surface area contributed by atoms with Crippen molar-refractivity contribution in [2.75, 3.05) is 26.2 Å². The number of nitrogens with two attached hydrogens (primary N) is 1. The lowest BCUT2D eigenvalue weighted by Crippen LogP contribution is -2.38. The molecule has 2 nitrogen and oxygen atoms in total. The molecule has 0 aromatic heterocycles. The van der Waals surface area contributed by atoms with E-state index in [2.05, 4.69) is 4.90 Å². The zero-order valence-electron chi connectivity index (χ0n) is 9.19. The summed E-state index contributed by atoms with van der Waals surface area (Å²) in [6, 6.07) is 0. The third-order valence-corrected chi connectivity index (χ3v) is 3.61. The molecular formula is C11H17F3N2. The summed E-state index contributed by atoms with van der Waals surface area (Å²) in [5, 5.41) is 0. The summed E-state index contributed by atoms with van der Waals surface area (Å²) < 4.78 is 37.1. The molecule has 2 aliphatic rings. The summed E-state index contributed by atoms with van der Waals surface area (Å²) in [7, 11) is 0. The third kappa shape index (κ3) is 2.58. The van der Waals surface area contributed by atoms with Gasteiger partial charge in [-0.2, -0.15) is 13.2 Å². The molecule has 0 radical (unpaired) electrons. The second-order valence-corrected chi connectivity index (χ2v) is 4.92. The van der Waals surface area contributed by atoms with Gasteiger partial charge in [-0.05, 0) is 31.2 Å². The van der Waals surface area contributed by atoms with Crippen LogP contribution in [0, 0.1) is 5.41 Å². The maximum Gasteiger partial charge on any atom is 0.412 e. The molecule has 1 fully saturated rings. The van der Waals surface area contributed by atoms with E-state index < -0.39 is 6.18 Å². The van der Waals surface area contributed by atoms with Gasteiger partial charge in [0.25, 0.3) is 0 Å². The van der Waals surface area contributed by atoms with Crippen LogP contribution < -0.4 is 5.73 Å². The van der Waals surface area contributed by atoms with Gasteiger partial charge in [0.1, 0.15) is 0 Å². The van der Waals surface area contributed by atoms with Gasteiger partial charge in [0.15, 0.2) is 0 Å². The first kappa shape index (κ1) is 11.9. The molecule has 1 aliphatic heterocycles. The number of rotatable bonds is 3. The summed E-state index contributed by atoms with van der Waals surface area (Å²) in [6.07, 6.45) is -0.469. The van der Waals surface area contributed by atoms with Crippen molar-refractivity contribution in [2.24, 2.45) is 11.1 Å². The molecule has 0 bridgehead atoms. The smallest absolute Gasteiger partial charge is 0.330 e. The minimum atomic E-state index is -4.14. The highest BCUT2D eigenvalue weighted by Gasteiger charge is 2.43. The van der Waals surface area contributed by atoms with Crippen LogP contribution in [-0.4, -0.2) is 37.3 Å². The lowest BCUT2D eigenvalue weighted by atomic mass is 10.0. The Bertz CT molecular complexity index is 292. The maximum absolute atomic E-state index is 12.4. The highest BCUT2D eigenvalue weighted by molar-refractivity contribution is 5.13. The fraction of sp³-hybridized carbons (Fsp3) is 0.818. The van der Waals surface area contributed by atoms with Gasteiger partial charge in [-0.3, -0.25) is 4.90 Å². The first-order valence-electron chi connectivity index (χ1n) is 5.64. The van der Waals surface area contributed by atoms with E-state index >= 15 is 0 Å². The van der Waals surface area contributed by atoms with E-state index in [1.54, 1.807) is 0 Å². The predicted octanol–water partition coefficient (Wildman–Crippen LogP) is 1.92. The first-order chi connectivity index (χ1) is 7.45. The average Bonchev–Trinajstić information content (AvgIpc) is 2.98. The van der Waals surface area contributed by atoms with Crippen LogP contribution in [0.5, 0.6) is 0 Å². The Morgan fingerprint density at radius 3 is 2.44 bits per heavy atom. The van der Waals surface area contributed by atoms with E-state index in [9.17, 15) is 13.2 Å². The van der Waals surface area contributed by atoms with Crippen molar-refractivity contribution >= 4 is 0 Å². The Kier molecular flexibility index (Phi) is 3.01. The van der Waals surface area contributed by atoms with Crippen LogP contribution in [0.15, 0.2) is 11.6 Å². The predicted molar refractivity (Wildman–Crippen MR) is 55.9 cm³/mol. The number of alkyl halides is 3. The molecule has 0 atom stereocenters. The molecular weight excluding hydrogens is 217 g/mol. The normalized spacial score (nSPS) is 25.4. The molecule has 0 spiro atoms. The van der Waals surface area contributed by atoms with E-state index in [0.717, 1.165) is 19.4 Å². The average molecular weight is 234 g/mol. The lowest BCUT2D eigenvalue weighted by Gasteiger charge is -2.30. The molecule has 0 saturated heterocycles. The van der Waals surface area contributed by atoms with Crippen LogP contribution in [0.4, 0.5) is 13.2 Å². The quantitative estimate of drug-likeness (QED) is 0.756. The van der Waals surface area contributed by atoms with Crippen molar-refractivity contribution in [1.29, 1.82) is 0 Å². The highest BCUT2D eigenvalue weighted by atomic mass is 19.4. The van der Waals surface area contributed by atoms with Crippen molar-refractivity contribution in [1.82, 2.24) is 4.90 Å². The Hall–Kier alpha value is -0.550. The van der Waals surface area contributed by atoms with E-state index in [1.165, 1.54) is 6.08 Å². The van der Waals surface area contributed by atoms with Crippen LogP contribution in [0.2, 0.25) is 0 Å². The standard InChI is InChI=1S/C11H17F3N2/c12-11(13,14)9-1-5-16(6-2-9)8-10(7-15)3-4-10/h1H,2-8,15H2. The minimum absolute atomic E-state index is 0.115. The van der Waals surface area contributed by atoms with Gasteiger partial charge in [-0.25, -0.2) is 0 Å². The zero-order chi connectivity index (χ0) is 11.8. The molecule has 16 heavy (non-hydrogen) atoms. The number of halogens is 3. The summed E-state index contributed by atoms with van der Waals surface area (Å²) in [5.41, 5.74) is 5.50. The largest absolute Gasteiger partial charge is 0.412 e. The summed E-state index contributed by atoms with van der Waals surface area (Å²) >= 11 is 0. The lowest BCUT2D eigenvalue weighted by molar-refractivity contribution is -0.0961. The van der Waals surface area contributed by atoms with Crippen molar-refractivity contribution < 1.29 is 13.2 Å². The summed E-state index contributed by atoms with van der Waals surface area (Å²) in [4.78, 5) is 2.08. The Morgan fingerprint density at radius 1 is 1.38 bits per heavy atom. The zero-order valence-corrected chi connectivity index (χ0v) is 9.19. The van der Waals surface area contributed by atoms with Crippen LogP contribution in [-0.2, 0) is 0 Å². The molecule has 1 saturated carbocycles. The molecule has 1 heterocycles. The van der Waals surface area contributed by atoms with Crippen molar-refractivity contribution in [3.8, 4) is 0 Å². The number of hydrogen-bond donors (Lipinski definition) is 1. The molecule has 2 N–H and O–H groups in total. The SMILES string of the molecule is NCC1(CN2CC=C(C(F)(F)F)CC2)CC1.